The average Bonchev–Trinajstić information content (AvgIpc) is 2.50. The number of anilines is 1. The summed E-state index contributed by atoms with van der Waals surface area (Å²) in [7, 11) is 4.51. The van der Waals surface area contributed by atoms with E-state index < -0.39 is 10.7 Å². The maximum absolute atomic E-state index is 14.7. The van der Waals surface area contributed by atoms with Crippen LogP contribution < -0.4 is 14.4 Å². The molecule has 0 amide bonds. The molecule has 9 heteroatoms. The zero-order chi connectivity index (χ0) is 16.4. The van der Waals surface area contributed by atoms with Gasteiger partial charge in [0.05, 0.1) is 19.1 Å². The molecular formula is C13H17BrFN3O4. The third kappa shape index (κ3) is 2.82. The minimum absolute atomic E-state index is 0.0728. The van der Waals surface area contributed by atoms with Gasteiger partial charge in [-0.05, 0) is 23.0 Å². The fraction of sp³-hybridized carbons (Fsp3) is 0.538. The second kappa shape index (κ2) is 6.66. The summed E-state index contributed by atoms with van der Waals surface area (Å²) in [6, 6.07) is 0. The molecule has 0 unspecified atom stereocenters. The highest BCUT2D eigenvalue weighted by Gasteiger charge is 2.35. The summed E-state index contributed by atoms with van der Waals surface area (Å²) < 4.78 is 24.8. The molecule has 0 saturated carbocycles. The molecule has 0 bridgehead atoms. The summed E-state index contributed by atoms with van der Waals surface area (Å²) in [5, 5.41) is 11.4. The van der Waals surface area contributed by atoms with Gasteiger partial charge in [0.15, 0.2) is 5.82 Å². The van der Waals surface area contributed by atoms with Crippen LogP contribution in [0.25, 0.3) is 0 Å². The molecule has 1 aromatic rings. The van der Waals surface area contributed by atoms with Gasteiger partial charge in [0.25, 0.3) is 0 Å². The number of nitro benzene ring substituents is 1. The van der Waals surface area contributed by atoms with E-state index in [-0.39, 0.29) is 27.3 Å². The van der Waals surface area contributed by atoms with Crippen molar-refractivity contribution in [3.63, 3.8) is 0 Å². The van der Waals surface area contributed by atoms with Crippen LogP contribution in [0.1, 0.15) is 0 Å². The van der Waals surface area contributed by atoms with Crippen molar-refractivity contribution in [2.24, 2.45) is 0 Å². The van der Waals surface area contributed by atoms with Crippen LogP contribution in [0.4, 0.5) is 15.8 Å². The number of nitro groups is 1. The van der Waals surface area contributed by atoms with E-state index in [1.54, 1.807) is 4.90 Å². The molecule has 1 saturated heterocycles. The van der Waals surface area contributed by atoms with E-state index in [0.717, 1.165) is 13.1 Å². The Bertz CT molecular complexity index is 591. The highest BCUT2D eigenvalue weighted by atomic mass is 79.9. The van der Waals surface area contributed by atoms with Crippen LogP contribution >= 0.6 is 15.9 Å². The molecule has 0 spiro atoms. The van der Waals surface area contributed by atoms with Crippen LogP contribution in [0, 0.1) is 15.9 Å². The van der Waals surface area contributed by atoms with Gasteiger partial charge in [-0.3, -0.25) is 10.1 Å². The average molecular weight is 378 g/mol. The molecule has 1 aromatic carbocycles. The number of methoxy groups -OCH3 is 2. The van der Waals surface area contributed by atoms with Gasteiger partial charge in [0, 0.05) is 26.2 Å². The Balaban J connectivity index is 2.64. The Hall–Kier alpha value is -1.61. The molecule has 2 rings (SSSR count). The van der Waals surface area contributed by atoms with E-state index in [0.29, 0.717) is 13.1 Å². The number of ether oxygens (including phenoxy) is 2. The normalized spacial score (nSPS) is 15.8. The van der Waals surface area contributed by atoms with Gasteiger partial charge in [-0.2, -0.15) is 0 Å². The molecule has 0 radical (unpaired) electrons. The second-order valence-corrected chi connectivity index (χ2v) is 5.73. The van der Waals surface area contributed by atoms with Gasteiger partial charge < -0.3 is 19.3 Å². The first-order valence-electron chi connectivity index (χ1n) is 6.63. The zero-order valence-corrected chi connectivity index (χ0v) is 14.1. The quantitative estimate of drug-likeness (QED) is 0.592. The number of nitrogens with zero attached hydrogens (tertiary/aromatic N) is 3. The number of likely N-dealkylation sites (N-methyl/N-ethyl adjacent to an activating group) is 1. The highest BCUT2D eigenvalue weighted by Crippen LogP contribution is 2.50. The fourth-order valence-corrected chi connectivity index (χ4v) is 3.02. The molecule has 0 atom stereocenters. The number of hydrogen-bond donors (Lipinski definition) is 0. The summed E-state index contributed by atoms with van der Waals surface area (Å²) in [4.78, 5) is 14.6. The summed E-state index contributed by atoms with van der Waals surface area (Å²) in [6.45, 7) is 2.58. The molecule has 22 heavy (non-hydrogen) atoms. The van der Waals surface area contributed by atoms with Crippen LogP contribution in [0.2, 0.25) is 0 Å². The van der Waals surface area contributed by atoms with Gasteiger partial charge >= 0.3 is 5.69 Å². The molecule has 7 nitrogen and oxygen atoms in total. The minimum Gasteiger partial charge on any atom is -0.489 e. The Kier molecular flexibility index (Phi) is 5.07. The molecule has 1 fully saturated rings. The van der Waals surface area contributed by atoms with Crippen LogP contribution in [0.15, 0.2) is 4.47 Å². The Morgan fingerprint density at radius 2 is 1.73 bits per heavy atom. The molecular weight excluding hydrogens is 361 g/mol. The molecule has 122 valence electrons. The van der Waals surface area contributed by atoms with E-state index in [1.165, 1.54) is 14.2 Å². The molecule has 0 aliphatic carbocycles. The molecule has 1 aliphatic heterocycles. The summed E-state index contributed by atoms with van der Waals surface area (Å²) in [5.41, 5.74) is -0.290. The largest absolute Gasteiger partial charge is 0.489 e. The predicted octanol–water partition coefficient (Wildman–Crippen LogP) is 2.27. The lowest BCUT2D eigenvalue weighted by Gasteiger charge is -2.35. The minimum atomic E-state index is -0.624. The van der Waals surface area contributed by atoms with Crippen molar-refractivity contribution in [2.45, 2.75) is 0 Å². The maximum atomic E-state index is 14.7. The van der Waals surface area contributed by atoms with Gasteiger partial charge in [0.1, 0.15) is 10.2 Å². The van der Waals surface area contributed by atoms with Crippen LogP contribution in [0.5, 0.6) is 11.5 Å². The zero-order valence-electron chi connectivity index (χ0n) is 12.6. The summed E-state index contributed by atoms with van der Waals surface area (Å²) in [5.74, 6) is -0.923. The molecule has 1 heterocycles. The lowest BCUT2D eigenvalue weighted by atomic mass is 10.1. The monoisotopic (exact) mass is 377 g/mol. The van der Waals surface area contributed by atoms with Crippen molar-refractivity contribution < 1.29 is 18.8 Å². The number of benzene rings is 1. The topological polar surface area (TPSA) is 68.1 Å². The first-order chi connectivity index (χ1) is 10.4. The number of halogens is 2. The van der Waals surface area contributed by atoms with Crippen LogP contribution in [-0.2, 0) is 0 Å². The van der Waals surface area contributed by atoms with Crippen molar-refractivity contribution in [2.75, 3.05) is 52.3 Å². The number of hydrogen-bond acceptors (Lipinski definition) is 6. The van der Waals surface area contributed by atoms with Gasteiger partial charge in [-0.1, -0.05) is 0 Å². The van der Waals surface area contributed by atoms with Crippen molar-refractivity contribution in [3.05, 3.63) is 20.4 Å². The lowest BCUT2D eigenvalue weighted by Crippen LogP contribution is -2.45. The predicted molar refractivity (Wildman–Crippen MR) is 83.6 cm³/mol. The summed E-state index contributed by atoms with van der Waals surface area (Å²) >= 11 is 3.06. The van der Waals surface area contributed by atoms with Gasteiger partial charge in [-0.15, -0.1) is 0 Å². The maximum Gasteiger partial charge on any atom is 0.355 e. The third-order valence-electron chi connectivity index (χ3n) is 3.66. The van der Waals surface area contributed by atoms with Crippen LogP contribution in [-0.4, -0.2) is 57.3 Å². The SMILES string of the molecule is COc1c(Br)c(F)c(N2CCN(C)CC2)c(OC)c1[N+](=O)[O-]. The number of piperazine rings is 1. The van der Waals surface area contributed by atoms with Gasteiger partial charge in [-0.25, -0.2) is 4.39 Å². The standard InChI is InChI=1S/C13H17BrFN3O4/c1-16-4-6-17(7-5-16)10-9(15)8(14)12(21-2)11(18(19)20)13(10)22-3/h4-7H2,1-3H3. The Morgan fingerprint density at radius 3 is 2.18 bits per heavy atom. The second-order valence-electron chi connectivity index (χ2n) is 4.94. The van der Waals surface area contributed by atoms with E-state index in [9.17, 15) is 14.5 Å². The molecule has 0 N–H and O–H groups in total. The fourth-order valence-electron chi connectivity index (χ4n) is 2.48. The smallest absolute Gasteiger partial charge is 0.355 e. The lowest BCUT2D eigenvalue weighted by molar-refractivity contribution is -0.386. The van der Waals surface area contributed by atoms with Crippen LogP contribution in [0.3, 0.4) is 0 Å². The van der Waals surface area contributed by atoms with E-state index in [4.69, 9.17) is 9.47 Å². The van der Waals surface area contributed by atoms with Crippen molar-refractivity contribution in [1.82, 2.24) is 4.90 Å². The highest BCUT2D eigenvalue weighted by molar-refractivity contribution is 9.10. The third-order valence-corrected chi connectivity index (χ3v) is 4.36. The molecule has 0 aromatic heterocycles. The number of rotatable bonds is 4. The van der Waals surface area contributed by atoms with E-state index in [2.05, 4.69) is 20.8 Å². The van der Waals surface area contributed by atoms with E-state index in [1.807, 2.05) is 7.05 Å². The van der Waals surface area contributed by atoms with Crippen molar-refractivity contribution in [1.29, 1.82) is 0 Å². The van der Waals surface area contributed by atoms with E-state index >= 15 is 0 Å². The van der Waals surface area contributed by atoms with Gasteiger partial charge in [0.2, 0.25) is 11.5 Å². The van der Waals surface area contributed by atoms with Crippen molar-refractivity contribution >= 4 is 27.3 Å². The first kappa shape index (κ1) is 16.8. The summed E-state index contributed by atoms with van der Waals surface area (Å²) in [6.07, 6.45) is 0. The Morgan fingerprint density at radius 1 is 1.18 bits per heavy atom. The Labute approximate surface area is 135 Å². The first-order valence-corrected chi connectivity index (χ1v) is 7.42. The molecule has 1 aliphatic rings. The van der Waals surface area contributed by atoms with Crippen molar-refractivity contribution in [3.8, 4) is 11.5 Å².